The number of benzene rings is 3. The first-order valence-electron chi connectivity index (χ1n) is 8.07. The molecule has 3 aromatic carbocycles. The van der Waals surface area contributed by atoms with E-state index in [1.165, 1.54) is 0 Å². The van der Waals surface area contributed by atoms with Crippen LogP contribution in [0.4, 0.5) is 0 Å². The third-order valence-corrected chi connectivity index (χ3v) is 4.32. The van der Waals surface area contributed by atoms with Gasteiger partial charge >= 0.3 is 0 Å². The number of hydrogen-bond acceptors (Lipinski definition) is 1. The molecule has 0 atom stereocenters. The molecule has 0 saturated heterocycles. The second-order valence-corrected chi connectivity index (χ2v) is 6.11. The maximum atomic E-state index is 6.28. The molecule has 0 radical (unpaired) electrons. The maximum Gasteiger partial charge on any atom is 0.127 e. The molecule has 0 amide bonds. The van der Waals surface area contributed by atoms with Crippen LogP contribution in [0.5, 0.6) is 11.5 Å². The van der Waals surface area contributed by atoms with Crippen molar-refractivity contribution in [1.82, 2.24) is 4.98 Å². The van der Waals surface area contributed by atoms with Gasteiger partial charge in [0.05, 0.1) is 0 Å². The molecule has 0 saturated carbocycles. The maximum absolute atomic E-state index is 6.28. The fraction of sp³-hybridized carbons (Fsp3) is 0. The molecular formula is C22H16ClNO. The van der Waals surface area contributed by atoms with E-state index >= 15 is 0 Å². The molecule has 2 nitrogen and oxygen atoms in total. The fourth-order valence-corrected chi connectivity index (χ4v) is 2.96. The smallest absolute Gasteiger partial charge is 0.127 e. The number of hydrogen-bond donors (Lipinski definition) is 1. The Morgan fingerprint density at radius 2 is 1.24 bits per heavy atom. The Balaban J connectivity index is 1.56. The molecule has 0 aliphatic heterocycles. The van der Waals surface area contributed by atoms with Crippen LogP contribution in [0.25, 0.3) is 22.5 Å². The molecule has 0 aliphatic rings. The van der Waals surface area contributed by atoms with Crippen LogP contribution in [-0.2, 0) is 0 Å². The lowest BCUT2D eigenvalue weighted by Gasteiger charge is -2.06. The minimum Gasteiger partial charge on any atom is -0.457 e. The first kappa shape index (κ1) is 15.6. The van der Waals surface area contributed by atoms with E-state index in [1.807, 2.05) is 84.9 Å². The van der Waals surface area contributed by atoms with Gasteiger partial charge in [0.2, 0.25) is 0 Å². The van der Waals surface area contributed by atoms with E-state index in [1.54, 1.807) is 0 Å². The number of aromatic amines is 1. The van der Waals surface area contributed by atoms with Crippen LogP contribution in [0.2, 0.25) is 5.02 Å². The first-order chi connectivity index (χ1) is 12.3. The standard InChI is InChI=1S/C22H16ClNO/c23-20-9-5-4-8-19(20)22-15-14-21(24-22)16-10-12-18(13-11-16)25-17-6-2-1-3-7-17/h1-15,24H. The van der Waals surface area contributed by atoms with E-state index in [0.717, 1.165) is 39.0 Å². The zero-order chi connectivity index (χ0) is 17.1. The minimum absolute atomic E-state index is 0.738. The van der Waals surface area contributed by atoms with Crippen LogP contribution >= 0.6 is 11.6 Å². The number of halogens is 1. The molecule has 122 valence electrons. The summed E-state index contributed by atoms with van der Waals surface area (Å²) in [6.45, 7) is 0. The second-order valence-electron chi connectivity index (χ2n) is 5.71. The summed E-state index contributed by atoms with van der Waals surface area (Å²) in [5, 5.41) is 0.738. The summed E-state index contributed by atoms with van der Waals surface area (Å²) >= 11 is 6.28. The van der Waals surface area contributed by atoms with Gasteiger partial charge in [-0.05, 0) is 60.2 Å². The highest BCUT2D eigenvalue weighted by Gasteiger charge is 2.07. The molecule has 4 rings (SSSR count). The van der Waals surface area contributed by atoms with Gasteiger partial charge in [0.1, 0.15) is 11.5 Å². The average Bonchev–Trinajstić information content (AvgIpc) is 3.13. The lowest BCUT2D eigenvalue weighted by Crippen LogP contribution is -1.84. The van der Waals surface area contributed by atoms with Crippen molar-refractivity contribution in [2.24, 2.45) is 0 Å². The molecule has 0 unspecified atom stereocenters. The predicted molar refractivity (Wildman–Crippen MR) is 103 cm³/mol. The SMILES string of the molecule is Clc1ccccc1-c1ccc(-c2ccc(Oc3ccccc3)cc2)[nH]1. The summed E-state index contributed by atoms with van der Waals surface area (Å²) in [6, 6.07) is 29.7. The van der Waals surface area contributed by atoms with E-state index in [9.17, 15) is 0 Å². The highest BCUT2D eigenvalue weighted by atomic mass is 35.5. The Bertz CT molecular complexity index is 974. The Morgan fingerprint density at radius 1 is 0.600 bits per heavy atom. The number of aromatic nitrogens is 1. The van der Waals surface area contributed by atoms with Gasteiger partial charge in [-0.15, -0.1) is 0 Å². The summed E-state index contributed by atoms with van der Waals surface area (Å²) in [5.41, 5.74) is 4.14. The Morgan fingerprint density at radius 3 is 2.00 bits per heavy atom. The fourth-order valence-electron chi connectivity index (χ4n) is 2.73. The Labute approximate surface area is 151 Å². The van der Waals surface area contributed by atoms with Gasteiger partial charge in [-0.2, -0.15) is 0 Å². The average molecular weight is 346 g/mol. The Kier molecular flexibility index (Phi) is 4.28. The molecule has 4 aromatic rings. The van der Waals surface area contributed by atoms with Crippen LogP contribution in [0.3, 0.4) is 0 Å². The summed E-state index contributed by atoms with van der Waals surface area (Å²) < 4.78 is 5.83. The summed E-state index contributed by atoms with van der Waals surface area (Å²) in [6.07, 6.45) is 0. The number of H-pyrrole nitrogens is 1. The van der Waals surface area contributed by atoms with E-state index in [4.69, 9.17) is 16.3 Å². The third-order valence-electron chi connectivity index (χ3n) is 3.99. The number of ether oxygens (including phenoxy) is 1. The van der Waals surface area contributed by atoms with Crippen LogP contribution < -0.4 is 4.74 Å². The third kappa shape index (κ3) is 3.44. The van der Waals surface area contributed by atoms with Crippen molar-refractivity contribution in [2.45, 2.75) is 0 Å². The zero-order valence-electron chi connectivity index (χ0n) is 13.4. The van der Waals surface area contributed by atoms with Crippen molar-refractivity contribution in [2.75, 3.05) is 0 Å². The lowest BCUT2D eigenvalue weighted by atomic mass is 10.1. The molecule has 25 heavy (non-hydrogen) atoms. The summed E-state index contributed by atoms with van der Waals surface area (Å²) in [4.78, 5) is 3.43. The van der Waals surface area contributed by atoms with Gasteiger partial charge < -0.3 is 9.72 Å². The summed E-state index contributed by atoms with van der Waals surface area (Å²) in [5.74, 6) is 1.64. The van der Waals surface area contributed by atoms with Gasteiger partial charge in [-0.25, -0.2) is 0 Å². The number of para-hydroxylation sites is 1. The first-order valence-corrected chi connectivity index (χ1v) is 8.45. The highest BCUT2D eigenvalue weighted by Crippen LogP contribution is 2.30. The lowest BCUT2D eigenvalue weighted by molar-refractivity contribution is 0.483. The minimum atomic E-state index is 0.738. The van der Waals surface area contributed by atoms with Gasteiger partial charge in [-0.1, -0.05) is 48.0 Å². The van der Waals surface area contributed by atoms with Gasteiger partial charge in [0, 0.05) is 22.0 Å². The quantitative estimate of drug-likeness (QED) is 0.432. The number of nitrogens with one attached hydrogen (secondary N) is 1. The van der Waals surface area contributed by atoms with Crippen molar-refractivity contribution in [1.29, 1.82) is 0 Å². The van der Waals surface area contributed by atoms with E-state index in [0.29, 0.717) is 0 Å². The van der Waals surface area contributed by atoms with Gasteiger partial charge in [-0.3, -0.25) is 0 Å². The molecular weight excluding hydrogens is 330 g/mol. The molecule has 1 N–H and O–H groups in total. The normalized spacial score (nSPS) is 10.6. The number of rotatable bonds is 4. The molecule has 3 heteroatoms. The molecule has 0 bridgehead atoms. The van der Waals surface area contributed by atoms with E-state index in [2.05, 4.69) is 11.1 Å². The van der Waals surface area contributed by atoms with Crippen LogP contribution in [0.15, 0.2) is 91.0 Å². The second kappa shape index (κ2) is 6.88. The topological polar surface area (TPSA) is 25.0 Å². The van der Waals surface area contributed by atoms with E-state index < -0.39 is 0 Å². The molecule has 0 fully saturated rings. The predicted octanol–water partition coefficient (Wildman–Crippen LogP) is 6.79. The summed E-state index contributed by atoms with van der Waals surface area (Å²) in [7, 11) is 0. The van der Waals surface area contributed by atoms with Crippen molar-refractivity contribution in [3.63, 3.8) is 0 Å². The van der Waals surface area contributed by atoms with Crippen molar-refractivity contribution < 1.29 is 4.74 Å². The highest BCUT2D eigenvalue weighted by molar-refractivity contribution is 6.33. The molecule has 0 spiro atoms. The van der Waals surface area contributed by atoms with Gasteiger partial charge in [0.15, 0.2) is 0 Å². The monoisotopic (exact) mass is 345 g/mol. The van der Waals surface area contributed by atoms with Crippen molar-refractivity contribution in [3.8, 4) is 34.0 Å². The zero-order valence-corrected chi connectivity index (χ0v) is 14.2. The molecule has 0 aliphatic carbocycles. The van der Waals surface area contributed by atoms with Gasteiger partial charge in [0.25, 0.3) is 0 Å². The Hall–Kier alpha value is -2.97. The van der Waals surface area contributed by atoms with Crippen molar-refractivity contribution >= 4 is 11.6 Å². The van der Waals surface area contributed by atoms with Crippen LogP contribution in [0.1, 0.15) is 0 Å². The largest absolute Gasteiger partial charge is 0.457 e. The van der Waals surface area contributed by atoms with Crippen molar-refractivity contribution in [3.05, 3.63) is 96.0 Å². The van der Waals surface area contributed by atoms with Crippen LogP contribution in [-0.4, -0.2) is 4.98 Å². The molecule has 1 heterocycles. The molecule has 1 aromatic heterocycles. The van der Waals surface area contributed by atoms with Crippen LogP contribution in [0, 0.1) is 0 Å². The van der Waals surface area contributed by atoms with E-state index in [-0.39, 0.29) is 0 Å².